The van der Waals surface area contributed by atoms with Crippen molar-refractivity contribution in [3.05, 3.63) is 95.1 Å². The first-order valence-corrected chi connectivity index (χ1v) is 16.1. The number of ether oxygens (including phenoxy) is 3. The molecule has 8 heteroatoms. The maximum Gasteiger partial charge on any atom is 0.303 e. The second-order valence-electron chi connectivity index (χ2n) is 13.5. The molecule has 1 spiro atoms. The standard InChI is InChI=1S/C37H42N2O6/c1-25-14-15-30(43-23-28-12-8-5-9-13-28)32-31(25)37-20-21-39(34(41)35(18-19-35)45-26(2)40)24-36(37,42)17-16-29(33(37)44-32)38(3)22-27-10-6-4-7-11-27/h4-15,29,33,42H,16-24H2,1-3H3/t29?,33-,36?,37?/m0/s1. The van der Waals surface area contributed by atoms with Gasteiger partial charge < -0.3 is 24.2 Å². The number of nitrogens with zero attached hydrogens (tertiary/aromatic N) is 2. The van der Waals surface area contributed by atoms with E-state index in [2.05, 4.69) is 49.2 Å². The van der Waals surface area contributed by atoms with Gasteiger partial charge in [0.05, 0.1) is 17.6 Å². The normalized spacial score (nSPS) is 27.5. The number of amides is 1. The monoisotopic (exact) mass is 610 g/mol. The van der Waals surface area contributed by atoms with E-state index < -0.39 is 22.6 Å². The number of carbonyl (C=O) groups excluding carboxylic acids is 2. The second kappa shape index (κ2) is 11.2. The summed E-state index contributed by atoms with van der Waals surface area (Å²) in [4.78, 5) is 29.7. The fourth-order valence-electron chi connectivity index (χ4n) is 8.29. The maximum absolute atomic E-state index is 13.8. The van der Waals surface area contributed by atoms with E-state index in [1.807, 2.05) is 42.5 Å². The minimum Gasteiger partial charge on any atom is -0.485 e. The first kappa shape index (κ1) is 29.8. The molecule has 3 aromatic rings. The number of hydrogen-bond donors (Lipinski definition) is 1. The van der Waals surface area contributed by atoms with Gasteiger partial charge in [0.2, 0.25) is 0 Å². The van der Waals surface area contributed by atoms with Gasteiger partial charge in [-0.3, -0.25) is 14.5 Å². The molecule has 4 aliphatic rings. The second-order valence-corrected chi connectivity index (χ2v) is 13.5. The zero-order valence-corrected chi connectivity index (χ0v) is 26.3. The zero-order valence-electron chi connectivity index (χ0n) is 26.3. The number of carbonyl (C=O) groups is 2. The molecule has 0 radical (unpaired) electrons. The quantitative estimate of drug-likeness (QED) is 0.362. The molecule has 3 unspecified atom stereocenters. The van der Waals surface area contributed by atoms with E-state index >= 15 is 0 Å². The third-order valence-corrected chi connectivity index (χ3v) is 10.6. The van der Waals surface area contributed by atoms with E-state index in [1.54, 1.807) is 4.90 Å². The summed E-state index contributed by atoms with van der Waals surface area (Å²) in [5, 5.41) is 12.9. The SMILES string of the molecule is CC(=O)OC1(C(=O)N2CCC34c5c(C)ccc(OCc6ccccc6)c5O[C@H]3C(N(C)Cc3ccccc3)CCC4(O)C2)CC1. The number of likely N-dealkylation sites (tertiary alicyclic amines) is 1. The van der Waals surface area contributed by atoms with Gasteiger partial charge in [0.15, 0.2) is 17.1 Å². The number of fused-ring (bicyclic) bond motifs is 1. The summed E-state index contributed by atoms with van der Waals surface area (Å²) < 4.78 is 19.0. The fourth-order valence-corrected chi connectivity index (χ4v) is 8.29. The molecule has 2 aliphatic heterocycles. The van der Waals surface area contributed by atoms with Gasteiger partial charge in [0.25, 0.3) is 5.91 Å². The predicted molar refractivity (Wildman–Crippen MR) is 169 cm³/mol. The Morgan fingerprint density at radius 2 is 1.67 bits per heavy atom. The van der Waals surface area contributed by atoms with Crippen LogP contribution in [0.1, 0.15) is 61.3 Å². The van der Waals surface area contributed by atoms with Crippen LogP contribution < -0.4 is 9.47 Å². The molecule has 4 atom stereocenters. The van der Waals surface area contributed by atoms with Crippen LogP contribution in [0.5, 0.6) is 11.5 Å². The van der Waals surface area contributed by atoms with Gasteiger partial charge in [0.1, 0.15) is 12.7 Å². The van der Waals surface area contributed by atoms with Crippen molar-refractivity contribution in [3.63, 3.8) is 0 Å². The number of piperidine rings is 1. The minimum absolute atomic E-state index is 0.0253. The van der Waals surface area contributed by atoms with Crippen molar-refractivity contribution < 1.29 is 28.9 Å². The Bertz CT molecular complexity index is 1590. The predicted octanol–water partition coefficient (Wildman–Crippen LogP) is 4.93. The van der Waals surface area contributed by atoms with Crippen molar-refractivity contribution in [2.24, 2.45) is 0 Å². The Hall–Kier alpha value is -3.88. The molecule has 2 saturated carbocycles. The van der Waals surface area contributed by atoms with Gasteiger partial charge in [-0.25, -0.2) is 0 Å². The van der Waals surface area contributed by atoms with Crippen LogP contribution >= 0.6 is 0 Å². The van der Waals surface area contributed by atoms with E-state index in [0.717, 1.165) is 23.2 Å². The first-order valence-electron chi connectivity index (χ1n) is 16.1. The van der Waals surface area contributed by atoms with Gasteiger partial charge in [-0.2, -0.15) is 0 Å². The topological polar surface area (TPSA) is 88.5 Å². The molecule has 2 heterocycles. The van der Waals surface area contributed by atoms with Crippen molar-refractivity contribution in [1.82, 2.24) is 9.80 Å². The number of aryl methyl sites for hydroxylation is 1. The molecular weight excluding hydrogens is 568 g/mol. The number of benzene rings is 3. The maximum atomic E-state index is 13.8. The lowest BCUT2D eigenvalue weighted by molar-refractivity contribution is -0.183. The Balaban J connectivity index is 1.26. The lowest BCUT2D eigenvalue weighted by Gasteiger charge is -2.59. The highest BCUT2D eigenvalue weighted by atomic mass is 16.6. The Morgan fingerprint density at radius 1 is 0.978 bits per heavy atom. The highest BCUT2D eigenvalue weighted by Crippen LogP contribution is 2.62. The zero-order chi connectivity index (χ0) is 31.4. The van der Waals surface area contributed by atoms with Crippen LogP contribution in [-0.4, -0.2) is 70.3 Å². The highest BCUT2D eigenvalue weighted by Gasteiger charge is 2.70. The Kier molecular flexibility index (Phi) is 7.40. The molecule has 236 valence electrons. The average molecular weight is 611 g/mol. The van der Waals surface area contributed by atoms with Crippen LogP contribution in [0.25, 0.3) is 0 Å². The van der Waals surface area contributed by atoms with Crippen LogP contribution in [0.2, 0.25) is 0 Å². The molecule has 0 bridgehead atoms. The molecule has 3 aromatic carbocycles. The van der Waals surface area contributed by atoms with Crippen LogP contribution in [0, 0.1) is 6.92 Å². The van der Waals surface area contributed by atoms with E-state index in [-0.39, 0.29) is 24.6 Å². The summed E-state index contributed by atoms with van der Waals surface area (Å²) in [7, 11) is 2.14. The molecule has 1 amide bonds. The van der Waals surface area contributed by atoms with E-state index in [4.69, 9.17) is 14.2 Å². The summed E-state index contributed by atoms with van der Waals surface area (Å²) in [5.41, 5.74) is 1.24. The van der Waals surface area contributed by atoms with E-state index in [1.165, 1.54) is 12.5 Å². The van der Waals surface area contributed by atoms with Gasteiger partial charge in [-0.05, 0) is 56.0 Å². The molecule has 0 aromatic heterocycles. The number of hydrogen-bond acceptors (Lipinski definition) is 7. The number of rotatable bonds is 8. The smallest absolute Gasteiger partial charge is 0.303 e. The van der Waals surface area contributed by atoms with Crippen molar-refractivity contribution in [1.29, 1.82) is 0 Å². The first-order chi connectivity index (χ1) is 21.7. The molecular formula is C37H42N2O6. The Labute approximate surface area is 264 Å². The van der Waals surface area contributed by atoms with Gasteiger partial charge in [0, 0.05) is 44.5 Å². The summed E-state index contributed by atoms with van der Waals surface area (Å²) >= 11 is 0. The minimum atomic E-state index is -1.24. The molecule has 7 rings (SSSR count). The molecule has 3 fully saturated rings. The summed E-state index contributed by atoms with van der Waals surface area (Å²) in [6.07, 6.45) is 2.44. The molecule has 8 nitrogen and oxygen atoms in total. The van der Waals surface area contributed by atoms with Gasteiger partial charge in [-0.1, -0.05) is 66.7 Å². The number of likely N-dealkylation sites (N-methyl/N-ethyl adjacent to an activating group) is 1. The summed E-state index contributed by atoms with van der Waals surface area (Å²) in [6, 6.07) is 24.5. The third-order valence-electron chi connectivity index (χ3n) is 10.6. The van der Waals surface area contributed by atoms with Crippen LogP contribution in [0.3, 0.4) is 0 Å². The van der Waals surface area contributed by atoms with Crippen molar-refractivity contribution in [3.8, 4) is 11.5 Å². The molecule has 45 heavy (non-hydrogen) atoms. The van der Waals surface area contributed by atoms with Gasteiger partial charge in [-0.15, -0.1) is 0 Å². The number of aliphatic hydroxyl groups is 1. The summed E-state index contributed by atoms with van der Waals surface area (Å²) in [6.45, 7) is 5.18. The fraction of sp³-hybridized carbons (Fsp3) is 0.459. The van der Waals surface area contributed by atoms with Crippen molar-refractivity contribution in [2.75, 3.05) is 20.1 Å². The van der Waals surface area contributed by atoms with Crippen LogP contribution in [0.4, 0.5) is 0 Å². The van der Waals surface area contributed by atoms with Crippen molar-refractivity contribution >= 4 is 11.9 Å². The Morgan fingerprint density at radius 3 is 2.33 bits per heavy atom. The third kappa shape index (κ3) is 4.99. The molecule has 1 N–H and O–H groups in total. The lowest BCUT2D eigenvalue weighted by atomic mass is 9.53. The van der Waals surface area contributed by atoms with E-state index in [9.17, 15) is 14.7 Å². The average Bonchev–Trinajstić information content (AvgIpc) is 3.71. The van der Waals surface area contributed by atoms with Crippen LogP contribution in [0.15, 0.2) is 72.8 Å². The molecule has 1 saturated heterocycles. The molecule has 2 aliphatic carbocycles. The number of β-amino-alcohol motifs (C(OH)–C–C–N with tert-alkyl or cyclic N) is 1. The van der Waals surface area contributed by atoms with Gasteiger partial charge >= 0.3 is 5.97 Å². The van der Waals surface area contributed by atoms with Crippen molar-refractivity contribution in [2.45, 2.75) is 87.9 Å². The van der Waals surface area contributed by atoms with E-state index in [0.29, 0.717) is 56.8 Å². The number of esters is 1. The largest absolute Gasteiger partial charge is 0.485 e. The summed E-state index contributed by atoms with van der Waals surface area (Å²) in [5.74, 6) is 0.719. The lowest BCUT2D eigenvalue weighted by Crippen LogP contribution is -2.73. The van der Waals surface area contributed by atoms with Crippen LogP contribution in [-0.2, 0) is 32.9 Å². The highest BCUT2D eigenvalue weighted by molar-refractivity contribution is 5.90.